The maximum Gasteiger partial charge on any atom is 0.140 e. The lowest BCUT2D eigenvalue weighted by molar-refractivity contribution is -0.126. The summed E-state index contributed by atoms with van der Waals surface area (Å²) in [6, 6.07) is 0. The molecule has 0 saturated heterocycles. The second-order valence-corrected chi connectivity index (χ2v) is 9.19. The Bertz CT molecular complexity index is 563. The van der Waals surface area contributed by atoms with Crippen LogP contribution in [0.25, 0.3) is 0 Å². The Kier molecular flexibility index (Phi) is 4.47. The van der Waals surface area contributed by atoms with Crippen LogP contribution in [0.4, 0.5) is 0 Å². The van der Waals surface area contributed by atoms with Crippen molar-refractivity contribution in [2.75, 3.05) is 0 Å². The molecule has 0 aromatic heterocycles. The van der Waals surface area contributed by atoms with E-state index >= 15 is 0 Å². The van der Waals surface area contributed by atoms with Crippen LogP contribution in [-0.4, -0.2) is 5.78 Å². The van der Waals surface area contributed by atoms with Gasteiger partial charge in [-0.05, 0) is 56.4 Å². The summed E-state index contributed by atoms with van der Waals surface area (Å²) in [4.78, 5) is 13.2. The van der Waals surface area contributed by atoms with E-state index in [4.69, 9.17) is 0 Å². The van der Waals surface area contributed by atoms with E-state index in [2.05, 4.69) is 19.1 Å². The molecular weight excluding hydrogens is 292 g/mol. The maximum absolute atomic E-state index is 13.2. The molecule has 2 atom stereocenters. The number of hydrogen-bond donors (Lipinski definition) is 0. The van der Waals surface area contributed by atoms with E-state index in [9.17, 15) is 4.79 Å². The first-order valence-corrected chi connectivity index (χ1v) is 10.6. The number of fused-ring (bicyclic) bond motifs is 1. The van der Waals surface area contributed by atoms with Gasteiger partial charge in [-0.1, -0.05) is 63.2 Å². The van der Waals surface area contributed by atoms with Crippen LogP contribution in [0.5, 0.6) is 0 Å². The second-order valence-electron chi connectivity index (χ2n) is 9.19. The van der Waals surface area contributed by atoms with Crippen molar-refractivity contribution in [2.24, 2.45) is 16.7 Å². The zero-order chi connectivity index (χ0) is 16.6. The maximum atomic E-state index is 13.2. The van der Waals surface area contributed by atoms with Crippen molar-refractivity contribution in [3.05, 3.63) is 23.3 Å². The van der Waals surface area contributed by atoms with E-state index in [0.717, 1.165) is 18.8 Å². The fourth-order valence-electron chi connectivity index (χ4n) is 6.46. The molecule has 2 bridgehead atoms. The summed E-state index contributed by atoms with van der Waals surface area (Å²) in [6.45, 7) is 2.27. The predicted octanol–water partition coefficient (Wildman–Crippen LogP) is 6.53. The highest BCUT2D eigenvalue weighted by Crippen LogP contribution is 2.65. The zero-order valence-electron chi connectivity index (χ0n) is 15.5. The highest BCUT2D eigenvalue weighted by Gasteiger charge is 2.59. The molecule has 1 nitrogen and oxygen atoms in total. The topological polar surface area (TPSA) is 17.1 Å². The number of allylic oxidation sites excluding steroid dienone is 4. The number of rotatable bonds is 6. The minimum absolute atomic E-state index is 0.0281. The molecule has 0 aromatic rings. The second kappa shape index (κ2) is 6.46. The summed E-state index contributed by atoms with van der Waals surface area (Å²) in [5.74, 6) is 1.42. The summed E-state index contributed by atoms with van der Waals surface area (Å²) in [5, 5.41) is 0. The smallest absolute Gasteiger partial charge is 0.140 e. The monoisotopic (exact) mass is 326 g/mol. The van der Waals surface area contributed by atoms with Gasteiger partial charge in [0.1, 0.15) is 5.78 Å². The van der Waals surface area contributed by atoms with Crippen LogP contribution < -0.4 is 0 Å². The van der Waals surface area contributed by atoms with Crippen LogP contribution >= 0.6 is 0 Å². The zero-order valence-corrected chi connectivity index (χ0v) is 15.5. The van der Waals surface area contributed by atoms with Gasteiger partial charge in [0.25, 0.3) is 0 Å². The van der Waals surface area contributed by atoms with Crippen LogP contribution in [0, 0.1) is 16.7 Å². The molecule has 0 aromatic carbocycles. The number of unbranched alkanes of at least 4 members (excludes halogenated alkanes) is 3. The Labute approximate surface area is 148 Å². The average Bonchev–Trinajstić information content (AvgIpc) is 3.18. The van der Waals surface area contributed by atoms with E-state index in [1.807, 2.05) is 0 Å². The third-order valence-electron chi connectivity index (χ3n) is 7.64. The van der Waals surface area contributed by atoms with Crippen molar-refractivity contribution in [1.29, 1.82) is 0 Å². The Morgan fingerprint density at radius 2 is 1.96 bits per heavy atom. The van der Waals surface area contributed by atoms with Gasteiger partial charge in [-0.15, -0.1) is 0 Å². The first-order chi connectivity index (χ1) is 11.7. The molecule has 0 radical (unpaired) electrons. The van der Waals surface area contributed by atoms with Gasteiger partial charge in [0, 0.05) is 17.3 Å². The molecule has 4 aliphatic rings. The summed E-state index contributed by atoms with van der Waals surface area (Å²) < 4.78 is 0. The lowest BCUT2D eigenvalue weighted by Crippen LogP contribution is -2.34. The molecule has 24 heavy (non-hydrogen) atoms. The minimum Gasteiger partial charge on any atom is -0.299 e. The fourth-order valence-corrected chi connectivity index (χ4v) is 6.46. The van der Waals surface area contributed by atoms with Gasteiger partial charge < -0.3 is 0 Å². The normalized spacial score (nSPS) is 35.8. The molecule has 0 heterocycles. The van der Waals surface area contributed by atoms with Gasteiger partial charge in [0.15, 0.2) is 0 Å². The number of carbonyl (C=O) groups excluding carboxylic acids is 1. The molecule has 1 spiro atoms. The number of carbonyl (C=O) groups is 1. The Morgan fingerprint density at radius 1 is 1.12 bits per heavy atom. The quantitative estimate of drug-likeness (QED) is 0.507. The van der Waals surface area contributed by atoms with Crippen molar-refractivity contribution in [2.45, 2.75) is 96.8 Å². The SMILES string of the molecule is CCCCCC[C@]12CC(C3CCCC3)=C3C=CCC[C@@]3(CC1=O)C2. The molecule has 0 amide bonds. The van der Waals surface area contributed by atoms with Crippen molar-refractivity contribution in [3.8, 4) is 0 Å². The van der Waals surface area contributed by atoms with Crippen LogP contribution in [0.3, 0.4) is 0 Å². The van der Waals surface area contributed by atoms with Gasteiger partial charge in [0.05, 0.1) is 0 Å². The molecule has 1 heteroatoms. The first-order valence-electron chi connectivity index (χ1n) is 10.6. The van der Waals surface area contributed by atoms with E-state index in [1.165, 1.54) is 77.0 Å². The molecule has 132 valence electrons. The van der Waals surface area contributed by atoms with Crippen molar-refractivity contribution in [3.63, 3.8) is 0 Å². The van der Waals surface area contributed by atoms with Gasteiger partial charge >= 0.3 is 0 Å². The predicted molar refractivity (Wildman–Crippen MR) is 99.8 cm³/mol. The highest BCUT2D eigenvalue weighted by molar-refractivity contribution is 5.90. The van der Waals surface area contributed by atoms with E-state index < -0.39 is 0 Å². The molecule has 2 fully saturated rings. The van der Waals surface area contributed by atoms with Crippen LogP contribution in [-0.2, 0) is 4.79 Å². The summed E-state index contributed by atoms with van der Waals surface area (Å²) in [6.07, 6.45) is 22.3. The fraction of sp³-hybridized carbons (Fsp3) is 0.783. The van der Waals surface area contributed by atoms with Crippen LogP contribution in [0.15, 0.2) is 23.3 Å². The molecule has 4 rings (SSSR count). The number of hydrogen-bond acceptors (Lipinski definition) is 1. The third-order valence-corrected chi connectivity index (χ3v) is 7.64. The molecule has 0 aliphatic heterocycles. The van der Waals surface area contributed by atoms with Gasteiger partial charge in [-0.3, -0.25) is 4.79 Å². The number of ketones is 1. The van der Waals surface area contributed by atoms with Gasteiger partial charge in [-0.25, -0.2) is 0 Å². The van der Waals surface area contributed by atoms with Crippen LogP contribution in [0.1, 0.15) is 96.8 Å². The van der Waals surface area contributed by atoms with Crippen LogP contribution in [0.2, 0.25) is 0 Å². The van der Waals surface area contributed by atoms with Crippen molar-refractivity contribution >= 4 is 5.78 Å². The lowest BCUT2D eigenvalue weighted by Gasteiger charge is -2.44. The highest BCUT2D eigenvalue weighted by atomic mass is 16.1. The number of Topliss-reactive ketones (excluding diaryl/α,β-unsaturated/α-hetero) is 1. The molecule has 0 N–H and O–H groups in total. The molecule has 2 saturated carbocycles. The molecular formula is C23H34O. The van der Waals surface area contributed by atoms with E-state index in [1.54, 1.807) is 11.1 Å². The minimum atomic E-state index is 0.0281. The van der Waals surface area contributed by atoms with E-state index in [0.29, 0.717) is 5.78 Å². The average molecular weight is 327 g/mol. The summed E-state index contributed by atoms with van der Waals surface area (Å²) >= 11 is 0. The van der Waals surface area contributed by atoms with Crippen molar-refractivity contribution < 1.29 is 4.79 Å². The standard InChI is InChI=1S/C23H34O/c1-2-3-4-8-14-23-15-19(18-10-5-6-11-18)20-12-7-9-13-22(20,17-23)16-21(23)24/h7,12,18H,2-6,8-11,13-17H2,1H3/t22-,23-/m1/s1. The molecule has 0 unspecified atom stereocenters. The molecule has 4 aliphatic carbocycles. The Balaban J connectivity index is 1.65. The summed E-state index contributed by atoms with van der Waals surface area (Å²) in [7, 11) is 0. The lowest BCUT2D eigenvalue weighted by atomic mass is 9.59. The Hall–Kier alpha value is -0.850. The van der Waals surface area contributed by atoms with E-state index in [-0.39, 0.29) is 10.8 Å². The van der Waals surface area contributed by atoms with Gasteiger partial charge in [-0.2, -0.15) is 0 Å². The first kappa shape index (κ1) is 16.6. The largest absolute Gasteiger partial charge is 0.299 e. The van der Waals surface area contributed by atoms with Gasteiger partial charge in [0.2, 0.25) is 0 Å². The van der Waals surface area contributed by atoms with Crippen molar-refractivity contribution in [1.82, 2.24) is 0 Å². The Morgan fingerprint density at radius 3 is 2.75 bits per heavy atom. The third kappa shape index (κ3) is 2.63. The summed E-state index contributed by atoms with van der Waals surface area (Å²) in [5.41, 5.74) is 3.64.